The molecule has 0 bridgehead atoms. The molecule has 0 saturated heterocycles. The number of ether oxygens (including phenoxy) is 1. The lowest BCUT2D eigenvalue weighted by Gasteiger charge is -2.07. The number of nitro benzene ring substituents is 1. The first-order valence-corrected chi connectivity index (χ1v) is 6.91. The Hall–Kier alpha value is -3.03. The molecule has 24 heavy (non-hydrogen) atoms. The summed E-state index contributed by atoms with van der Waals surface area (Å²) < 4.78 is 29.0. The van der Waals surface area contributed by atoms with Gasteiger partial charge >= 0.3 is 6.61 Å². The van der Waals surface area contributed by atoms with E-state index in [1.807, 2.05) is 0 Å². The number of nitro groups is 1. The van der Waals surface area contributed by atoms with E-state index in [9.17, 15) is 18.9 Å². The molecule has 2 rings (SSSR count). The summed E-state index contributed by atoms with van der Waals surface area (Å²) in [6.45, 7) is -1.30. The van der Waals surface area contributed by atoms with Gasteiger partial charge in [-0.3, -0.25) is 10.1 Å². The van der Waals surface area contributed by atoms with Gasteiger partial charge in [-0.05, 0) is 19.1 Å². The van der Waals surface area contributed by atoms with E-state index >= 15 is 0 Å². The Morgan fingerprint density at radius 1 is 1.25 bits per heavy atom. The molecule has 126 valence electrons. The molecule has 0 atom stereocenters. The average Bonchev–Trinajstić information content (AvgIpc) is 2.53. The van der Waals surface area contributed by atoms with Gasteiger partial charge in [0, 0.05) is 22.8 Å². The number of para-hydroxylation sites is 1. The molecular weight excluding hydrogens is 322 g/mol. The summed E-state index contributed by atoms with van der Waals surface area (Å²) in [6.07, 6.45) is 1.24. The maximum absolute atomic E-state index is 12.3. The maximum Gasteiger partial charge on any atom is 0.387 e. The van der Waals surface area contributed by atoms with Gasteiger partial charge in [-0.1, -0.05) is 29.4 Å². The normalized spacial score (nSPS) is 11.0. The quantitative estimate of drug-likeness (QED) is 0.434. The van der Waals surface area contributed by atoms with Crippen LogP contribution in [-0.2, 0) is 11.4 Å². The van der Waals surface area contributed by atoms with Crippen molar-refractivity contribution in [1.82, 2.24) is 0 Å². The van der Waals surface area contributed by atoms with Crippen LogP contribution in [0, 0.1) is 17.0 Å². The minimum absolute atomic E-state index is 0.00393. The van der Waals surface area contributed by atoms with E-state index in [-0.39, 0.29) is 18.0 Å². The van der Waals surface area contributed by atoms with Crippen molar-refractivity contribution in [2.75, 3.05) is 0 Å². The Kier molecular flexibility index (Phi) is 5.78. The molecule has 0 amide bonds. The number of hydrogen-bond donors (Lipinski definition) is 0. The van der Waals surface area contributed by atoms with Crippen molar-refractivity contribution < 1.29 is 23.3 Å². The molecule has 0 radical (unpaired) electrons. The van der Waals surface area contributed by atoms with Crippen molar-refractivity contribution in [2.24, 2.45) is 5.16 Å². The van der Waals surface area contributed by atoms with E-state index in [1.165, 1.54) is 18.3 Å². The molecule has 0 N–H and O–H groups in total. The summed E-state index contributed by atoms with van der Waals surface area (Å²) in [4.78, 5) is 15.5. The Balaban J connectivity index is 2.04. The monoisotopic (exact) mass is 336 g/mol. The highest BCUT2D eigenvalue weighted by Gasteiger charge is 2.13. The molecule has 0 aromatic heterocycles. The number of rotatable bonds is 7. The van der Waals surface area contributed by atoms with Gasteiger partial charge in [-0.2, -0.15) is 8.78 Å². The van der Waals surface area contributed by atoms with Crippen LogP contribution >= 0.6 is 0 Å². The van der Waals surface area contributed by atoms with E-state index in [4.69, 9.17) is 4.84 Å². The van der Waals surface area contributed by atoms with Crippen LogP contribution in [0.4, 0.5) is 14.5 Å². The van der Waals surface area contributed by atoms with Crippen LogP contribution in [0.1, 0.15) is 16.7 Å². The van der Waals surface area contributed by atoms with Crippen molar-refractivity contribution in [3.8, 4) is 5.75 Å². The summed E-state index contributed by atoms with van der Waals surface area (Å²) in [6, 6.07) is 10.8. The zero-order valence-electron chi connectivity index (χ0n) is 12.7. The van der Waals surface area contributed by atoms with E-state index in [0.29, 0.717) is 16.7 Å². The topological polar surface area (TPSA) is 74.0 Å². The molecule has 0 fully saturated rings. The highest BCUT2D eigenvalue weighted by atomic mass is 19.3. The average molecular weight is 336 g/mol. The summed E-state index contributed by atoms with van der Waals surface area (Å²) in [5.74, 6) is -0.0219. The smallest absolute Gasteiger partial charge is 0.387 e. The predicted octanol–water partition coefficient (Wildman–Crippen LogP) is 4.06. The molecule has 6 nitrogen and oxygen atoms in total. The van der Waals surface area contributed by atoms with Crippen molar-refractivity contribution in [3.05, 3.63) is 69.3 Å². The Labute approximate surface area is 136 Å². The van der Waals surface area contributed by atoms with Crippen LogP contribution in [0.5, 0.6) is 5.75 Å². The lowest BCUT2D eigenvalue weighted by atomic mass is 10.1. The van der Waals surface area contributed by atoms with Crippen LogP contribution < -0.4 is 4.74 Å². The van der Waals surface area contributed by atoms with Gasteiger partial charge in [0.05, 0.1) is 11.1 Å². The first-order chi connectivity index (χ1) is 11.5. The molecule has 0 spiro atoms. The standard InChI is InChI=1S/C16H14F2N2O4/c1-11-13(6-4-7-14(11)20(21)22)10-23-19-9-12-5-2-3-8-15(12)24-16(17)18/h2-9,16H,10H2,1H3/b19-9+. The first-order valence-electron chi connectivity index (χ1n) is 6.91. The third-order valence-electron chi connectivity index (χ3n) is 3.24. The van der Waals surface area contributed by atoms with Gasteiger partial charge in [0.1, 0.15) is 12.4 Å². The van der Waals surface area contributed by atoms with Gasteiger partial charge in [-0.15, -0.1) is 0 Å². The van der Waals surface area contributed by atoms with Crippen LogP contribution in [0.3, 0.4) is 0 Å². The number of halogens is 2. The highest BCUT2D eigenvalue weighted by Crippen LogP contribution is 2.22. The number of nitrogens with zero attached hydrogens (tertiary/aromatic N) is 2. The van der Waals surface area contributed by atoms with E-state index in [0.717, 1.165) is 0 Å². The predicted molar refractivity (Wildman–Crippen MR) is 83.3 cm³/mol. The first kappa shape index (κ1) is 17.3. The molecule has 0 saturated carbocycles. The SMILES string of the molecule is Cc1c(CO/N=C/c2ccccc2OC(F)F)cccc1[N+](=O)[O-]. The fraction of sp³-hybridized carbons (Fsp3) is 0.188. The number of hydrogen-bond acceptors (Lipinski definition) is 5. The maximum atomic E-state index is 12.3. The second kappa shape index (κ2) is 8.00. The Bertz CT molecular complexity index is 751. The third-order valence-corrected chi connectivity index (χ3v) is 3.24. The molecule has 0 aliphatic heterocycles. The van der Waals surface area contributed by atoms with Gasteiger partial charge in [-0.25, -0.2) is 0 Å². The van der Waals surface area contributed by atoms with Gasteiger partial charge in [0.15, 0.2) is 0 Å². The van der Waals surface area contributed by atoms with Gasteiger partial charge in [0.2, 0.25) is 0 Å². The molecule has 0 unspecified atom stereocenters. The molecular formula is C16H14F2N2O4. The molecule has 0 aliphatic rings. The lowest BCUT2D eigenvalue weighted by Crippen LogP contribution is -2.04. The van der Waals surface area contributed by atoms with Crippen molar-refractivity contribution in [2.45, 2.75) is 20.1 Å². The summed E-state index contributed by atoms with van der Waals surface area (Å²) in [5, 5.41) is 14.6. The third kappa shape index (κ3) is 4.48. The zero-order valence-corrected chi connectivity index (χ0v) is 12.7. The fourth-order valence-electron chi connectivity index (χ4n) is 2.02. The van der Waals surface area contributed by atoms with Gasteiger partial charge < -0.3 is 9.57 Å². The number of oxime groups is 1. The Morgan fingerprint density at radius 3 is 2.71 bits per heavy atom. The van der Waals surface area contributed by atoms with Crippen LogP contribution in [0.25, 0.3) is 0 Å². The lowest BCUT2D eigenvalue weighted by molar-refractivity contribution is -0.385. The summed E-state index contributed by atoms with van der Waals surface area (Å²) in [5.41, 5.74) is 1.42. The second-order valence-electron chi connectivity index (χ2n) is 4.74. The Morgan fingerprint density at radius 2 is 2.00 bits per heavy atom. The zero-order chi connectivity index (χ0) is 17.5. The van der Waals surface area contributed by atoms with E-state index in [1.54, 1.807) is 37.3 Å². The summed E-state index contributed by atoms with van der Waals surface area (Å²) in [7, 11) is 0. The fourth-order valence-corrected chi connectivity index (χ4v) is 2.02. The minimum Gasteiger partial charge on any atom is -0.434 e. The molecule has 0 aliphatic carbocycles. The highest BCUT2D eigenvalue weighted by molar-refractivity contribution is 5.83. The molecule has 2 aromatic rings. The van der Waals surface area contributed by atoms with Crippen molar-refractivity contribution in [3.63, 3.8) is 0 Å². The second-order valence-corrected chi connectivity index (χ2v) is 4.74. The van der Waals surface area contributed by atoms with Crippen LogP contribution in [-0.4, -0.2) is 17.7 Å². The van der Waals surface area contributed by atoms with Crippen LogP contribution in [0.15, 0.2) is 47.6 Å². The minimum atomic E-state index is -2.94. The van der Waals surface area contributed by atoms with Crippen molar-refractivity contribution in [1.29, 1.82) is 0 Å². The largest absolute Gasteiger partial charge is 0.434 e. The van der Waals surface area contributed by atoms with Gasteiger partial charge in [0.25, 0.3) is 5.69 Å². The molecule has 8 heteroatoms. The number of benzene rings is 2. The molecule has 0 heterocycles. The van der Waals surface area contributed by atoms with Crippen LogP contribution in [0.2, 0.25) is 0 Å². The number of alkyl halides is 2. The molecule has 2 aromatic carbocycles. The van der Waals surface area contributed by atoms with E-state index in [2.05, 4.69) is 9.89 Å². The summed E-state index contributed by atoms with van der Waals surface area (Å²) >= 11 is 0. The van der Waals surface area contributed by atoms with Crippen molar-refractivity contribution >= 4 is 11.9 Å². The van der Waals surface area contributed by atoms with E-state index < -0.39 is 11.5 Å².